The normalized spacial score (nSPS) is 13.2. The fourth-order valence-corrected chi connectivity index (χ4v) is 1.84. The molecule has 0 saturated heterocycles. The SMILES string of the molecule is CC(C)CC(NCc1cccc(OC(F)(F)F)c1)C(=O)O. The zero-order valence-corrected chi connectivity index (χ0v) is 11.8. The predicted molar refractivity (Wildman–Crippen MR) is 70.8 cm³/mol. The summed E-state index contributed by atoms with van der Waals surface area (Å²) in [4.78, 5) is 11.1. The van der Waals surface area contributed by atoms with Gasteiger partial charge in [-0.2, -0.15) is 0 Å². The van der Waals surface area contributed by atoms with Gasteiger partial charge in [-0.15, -0.1) is 13.2 Å². The largest absolute Gasteiger partial charge is 0.573 e. The number of aliphatic carboxylic acids is 1. The lowest BCUT2D eigenvalue weighted by atomic mass is 10.0. The molecule has 0 spiro atoms. The van der Waals surface area contributed by atoms with Crippen LogP contribution in [-0.4, -0.2) is 23.5 Å². The van der Waals surface area contributed by atoms with Crippen LogP contribution in [0.25, 0.3) is 0 Å². The molecule has 4 nitrogen and oxygen atoms in total. The van der Waals surface area contributed by atoms with Gasteiger partial charge >= 0.3 is 12.3 Å². The van der Waals surface area contributed by atoms with E-state index >= 15 is 0 Å². The van der Waals surface area contributed by atoms with Gasteiger partial charge in [0.15, 0.2) is 0 Å². The average molecular weight is 305 g/mol. The summed E-state index contributed by atoms with van der Waals surface area (Å²) in [6, 6.07) is 4.72. The Hall–Kier alpha value is -1.76. The summed E-state index contributed by atoms with van der Waals surface area (Å²) in [6.45, 7) is 3.95. The highest BCUT2D eigenvalue weighted by Gasteiger charge is 2.31. The Labute approximate surface area is 120 Å². The number of carboxylic acid groups (broad SMARTS) is 1. The number of nitrogens with one attached hydrogen (secondary N) is 1. The fraction of sp³-hybridized carbons (Fsp3) is 0.500. The van der Waals surface area contributed by atoms with E-state index in [-0.39, 0.29) is 18.2 Å². The molecule has 0 saturated carbocycles. The van der Waals surface area contributed by atoms with Crippen molar-refractivity contribution in [3.05, 3.63) is 29.8 Å². The van der Waals surface area contributed by atoms with Gasteiger partial charge in [-0.05, 0) is 30.0 Å². The van der Waals surface area contributed by atoms with Crippen LogP contribution in [0.2, 0.25) is 0 Å². The van der Waals surface area contributed by atoms with Crippen LogP contribution in [0.3, 0.4) is 0 Å². The van der Waals surface area contributed by atoms with Crippen molar-refractivity contribution in [3.63, 3.8) is 0 Å². The van der Waals surface area contributed by atoms with Gasteiger partial charge in [-0.1, -0.05) is 26.0 Å². The summed E-state index contributed by atoms with van der Waals surface area (Å²) >= 11 is 0. The van der Waals surface area contributed by atoms with Crippen LogP contribution in [0.4, 0.5) is 13.2 Å². The quantitative estimate of drug-likeness (QED) is 0.812. The molecule has 1 aromatic carbocycles. The maximum absolute atomic E-state index is 12.1. The van der Waals surface area contributed by atoms with Crippen molar-refractivity contribution >= 4 is 5.97 Å². The first-order valence-corrected chi connectivity index (χ1v) is 6.48. The van der Waals surface area contributed by atoms with Crippen molar-refractivity contribution < 1.29 is 27.8 Å². The zero-order chi connectivity index (χ0) is 16.0. The van der Waals surface area contributed by atoms with E-state index in [1.54, 1.807) is 6.07 Å². The highest BCUT2D eigenvalue weighted by Crippen LogP contribution is 2.23. The Morgan fingerprint density at radius 1 is 1.38 bits per heavy atom. The van der Waals surface area contributed by atoms with Crippen molar-refractivity contribution in [2.45, 2.75) is 39.2 Å². The third kappa shape index (κ3) is 6.99. The van der Waals surface area contributed by atoms with Crippen LogP contribution < -0.4 is 10.1 Å². The van der Waals surface area contributed by atoms with Gasteiger partial charge in [-0.3, -0.25) is 4.79 Å². The van der Waals surface area contributed by atoms with E-state index < -0.39 is 18.4 Å². The Balaban J connectivity index is 2.66. The summed E-state index contributed by atoms with van der Waals surface area (Å²) in [6.07, 6.45) is -4.30. The highest BCUT2D eigenvalue weighted by atomic mass is 19.4. The third-order valence-corrected chi connectivity index (χ3v) is 2.69. The van der Waals surface area contributed by atoms with E-state index in [1.807, 2.05) is 13.8 Å². The molecule has 0 fully saturated rings. The van der Waals surface area contributed by atoms with E-state index in [0.29, 0.717) is 12.0 Å². The third-order valence-electron chi connectivity index (χ3n) is 2.69. The first kappa shape index (κ1) is 17.3. The molecule has 0 aromatic heterocycles. The molecule has 1 unspecified atom stereocenters. The number of carbonyl (C=O) groups is 1. The summed E-state index contributed by atoms with van der Waals surface area (Å²) in [5, 5.41) is 11.9. The molecule has 1 rings (SSSR count). The Morgan fingerprint density at radius 2 is 2.05 bits per heavy atom. The van der Waals surface area contributed by atoms with Crippen LogP contribution in [0.15, 0.2) is 24.3 Å². The van der Waals surface area contributed by atoms with Crippen LogP contribution in [0.5, 0.6) is 5.75 Å². The standard InChI is InChI=1S/C14H18F3NO3/c1-9(2)6-12(13(19)20)18-8-10-4-3-5-11(7-10)21-14(15,16)17/h3-5,7,9,12,18H,6,8H2,1-2H3,(H,19,20). The molecule has 0 aliphatic carbocycles. The Kier molecular flexibility index (Phi) is 6.02. The summed E-state index contributed by atoms with van der Waals surface area (Å²) in [5.41, 5.74) is 0.520. The minimum Gasteiger partial charge on any atom is -0.480 e. The number of ether oxygens (including phenoxy) is 1. The second-order valence-corrected chi connectivity index (χ2v) is 5.10. The second-order valence-electron chi connectivity index (χ2n) is 5.10. The van der Waals surface area contributed by atoms with E-state index in [9.17, 15) is 18.0 Å². The van der Waals surface area contributed by atoms with Crippen molar-refractivity contribution in [3.8, 4) is 5.75 Å². The molecule has 0 aliphatic rings. The molecular formula is C14H18F3NO3. The highest BCUT2D eigenvalue weighted by molar-refractivity contribution is 5.73. The van der Waals surface area contributed by atoms with Crippen LogP contribution in [0, 0.1) is 5.92 Å². The van der Waals surface area contributed by atoms with E-state index in [4.69, 9.17) is 5.11 Å². The zero-order valence-electron chi connectivity index (χ0n) is 11.8. The number of hydrogen-bond donors (Lipinski definition) is 2. The molecule has 1 aromatic rings. The second kappa shape index (κ2) is 7.31. The molecule has 7 heteroatoms. The molecule has 0 heterocycles. The molecule has 0 aliphatic heterocycles. The maximum atomic E-state index is 12.1. The van der Waals surface area contributed by atoms with Gasteiger partial charge in [0.2, 0.25) is 0 Å². The minimum absolute atomic E-state index is 0.152. The van der Waals surface area contributed by atoms with Crippen molar-refractivity contribution in [1.82, 2.24) is 5.32 Å². The lowest BCUT2D eigenvalue weighted by Crippen LogP contribution is -2.37. The van der Waals surface area contributed by atoms with E-state index in [2.05, 4.69) is 10.1 Å². The first-order chi connectivity index (χ1) is 9.67. The molecule has 118 valence electrons. The summed E-state index contributed by atoms with van der Waals surface area (Å²) < 4.78 is 40.2. The van der Waals surface area contributed by atoms with Gasteiger partial charge in [0.25, 0.3) is 0 Å². The molecule has 0 radical (unpaired) electrons. The minimum atomic E-state index is -4.74. The van der Waals surface area contributed by atoms with Gasteiger partial charge in [0, 0.05) is 6.54 Å². The number of alkyl halides is 3. The fourth-order valence-electron chi connectivity index (χ4n) is 1.84. The Morgan fingerprint density at radius 3 is 2.57 bits per heavy atom. The number of benzene rings is 1. The molecule has 0 bridgehead atoms. The lowest BCUT2D eigenvalue weighted by molar-refractivity contribution is -0.274. The molecule has 21 heavy (non-hydrogen) atoms. The lowest BCUT2D eigenvalue weighted by Gasteiger charge is -2.17. The van der Waals surface area contributed by atoms with E-state index in [0.717, 1.165) is 0 Å². The van der Waals surface area contributed by atoms with Crippen molar-refractivity contribution in [2.75, 3.05) is 0 Å². The monoisotopic (exact) mass is 305 g/mol. The van der Waals surface area contributed by atoms with Crippen LogP contribution in [-0.2, 0) is 11.3 Å². The number of carboxylic acids is 1. The van der Waals surface area contributed by atoms with Gasteiger partial charge in [-0.25, -0.2) is 0 Å². The van der Waals surface area contributed by atoms with Crippen molar-refractivity contribution in [1.29, 1.82) is 0 Å². The smallest absolute Gasteiger partial charge is 0.480 e. The molecule has 1 atom stereocenters. The summed E-state index contributed by atoms with van der Waals surface area (Å²) in [7, 11) is 0. The van der Waals surface area contributed by atoms with Gasteiger partial charge in [0.05, 0.1) is 0 Å². The molecule has 0 amide bonds. The van der Waals surface area contributed by atoms with E-state index in [1.165, 1.54) is 18.2 Å². The predicted octanol–water partition coefficient (Wildman–Crippen LogP) is 3.17. The summed E-state index contributed by atoms with van der Waals surface area (Å²) in [5.74, 6) is -1.11. The topological polar surface area (TPSA) is 58.6 Å². The van der Waals surface area contributed by atoms with Crippen LogP contribution in [0.1, 0.15) is 25.8 Å². The van der Waals surface area contributed by atoms with Crippen molar-refractivity contribution in [2.24, 2.45) is 5.92 Å². The van der Waals surface area contributed by atoms with Gasteiger partial charge < -0.3 is 15.2 Å². The Bertz CT molecular complexity index is 475. The number of halogens is 3. The van der Waals surface area contributed by atoms with Gasteiger partial charge in [0.1, 0.15) is 11.8 Å². The average Bonchev–Trinajstić information content (AvgIpc) is 2.32. The maximum Gasteiger partial charge on any atom is 0.573 e. The number of rotatable bonds is 7. The number of hydrogen-bond acceptors (Lipinski definition) is 3. The molecular weight excluding hydrogens is 287 g/mol. The van der Waals surface area contributed by atoms with Crippen LogP contribution >= 0.6 is 0 Å². The molecule has 2 N–H and O–H groups in total. The first-order valence-electron chi connectivity index (χ1n) is 6.48.